The minimum absolute atomic E-state index is 0.120. The standard InChI is InChI=1S/C68H123NO10/c1-4-7-10-13-16-19-22-25-27-29-30-31-32-33-35-38-41-44-47-50-53-56-63(73)79-66-65(75)64(74)62(57-70)78-68(66)77-58-59(60(71)54-51-48-45-42-39-36-24-21-18-15-12-9-6-3)69-67(76)61(72)55-52-49-46-43-40-37-34-28-26-23-20-17-14-11-8-5-2/h17,20,26,28,37,40,46,49,51,54,59-62,64-66,68,70-72,74-75H,4-16,18-19,21-25,27,29-36,38-39,41-45,47-48,50,52-53,55-58H2,1-3H3,(H,69,76)/b20-17-,28-26-,40-37-,49-46-,54-51+. The molecule has 0 aromatic carbocycles. The molecule has 1 heterocycles. The van der Waals surface area contributed by atoms with E-state index in [1.807, 2.05) is 18.2 Å². The average Bonchev–Trinajstić information content (AvgIpc) is 3.49. The number of carbonyl (C=O) groups excluding carboxylic acids is 2. The molecule has 1 saturated heterocycles. The summed E-state index contributed by atoms with van der Waals surface area (Å²) in [4.78, 5) is 26.6. The van der Waals surface area contributed by atoms with Crippen molar-refractivity contribution < 1.29 is 49.3 Å². The zero-order chi connectivity index (χ0) is 57.5. The highest BCUT2D eigenvalue weighted by Crippen LogP contribution is 2.26. The molecule has 0 aliphatic carbocycles. The number of rotatable bonds is 56. The van der Waals surface area contributed by atoms with Crippen molar-refractivity contribution in [1.82, 2.24) is 5.32 Å². The van der Waals surface area contributed by atoms with Crippen LogP contribution in [0.2, 0.25) is 0 Å². The minimum atomic E-state index is -1.62. The largest absolute Gasteiger partial charge is 0.454 e. The summed E-state index contributed by atoms with van der Waals surface area (Å²) in [5, 5.41) is 57.0. The van der Waals surface area contributed by atoms with Crippen LogP contribution in [0.15, 0.2) is 60.8 Å². The molecule has 11 nitrogen and oxygen atoms in total. The number of ether oxygens (including phenoxy) is 3. The highest BCUT2D eigenvalue weighted by atomic mass is 16.7. The fraction of sp³-hybridized carbons (Fsp3) is 0.824. The van der Waals surface area contributed by atoms with Crippen molar-refractivity contribution in [2.24, 2.45) is 0 Å². The molecule has 11 heteroatoms. The molecule has 0 spiro atoms. The topological polar surface area (TPSA) is 175 Å². The molecule has 1 aliphatic heterocycles. The number of carbonyl (C=O) groups is 2. The Bertz CT molecular complexity index is 1510. The van der Waals surface area contributed by atoms with Crippen molar-refractivity contribution in [3.05, 3.63) is 60.8 Å². The van der Waals surface area contributed by atoms with Crippen LogP contribution in [0, 0.1) is 0 Å². The summed E-state index contributed by atoms with van der Waals surface area (Å²) in [6.07, 6.45) is 59.8. The van der Waals surface area contributed by atoms with Gasteiger partial charge >= 0.3 is 5.97 Å². The lowest BCUT2D eigenvalue weighted by Crippen LogP contribution is -2.61. The van der Waals surface area contributed by atoms with E-state index in [9.17, 15) is 35.1 Å². The van der Waals surface area contributed by atoms with Gasteiger partial charge < -0.3 is 45.1 Å². The quantitative estimate of drug-likeness (QED) is 0.0195. The van der Waals surface area contributed by atoms with Crippen LogP contribution in [0.25, 0.3) is 0 Å². The maximum atomic E-state index is 13.4. The van der Waals surface area contributed by atoms with E-state index < -0.39 is 67.4 Å². The number of esters is 1. The van der Waals surface area contributed by atoms with E-state index in [2.05, 4.69) is 62.5 Å². The lowest BCUT2D eigenvalue weighted by Gasteiger charge is -2.41. The van der Waals surface area contributed by atoms with E-state index in [-0.39, 0.29) is 19.4 Å². The summed E-state index contributed by atoms with van der Waals surface area (Å²) in [7, 11) is 0. The Kier molecular flexibility index (Phi) is 52.6. The molecule has 460 valence electrons. The molecule has 8 unspecified atom stereocenters. The Morgan fingerprint density at radius 3 is 1.33 bits per heavy atom. The highest BCUT2D eigenvalue weighted by molar-refractivity contribution is 5.80. The third-order valence-electron chi connectivity index (χ3n) is 15.4. The third-order valence-corrected chi connectivity index (χ3v) is 15.4. The Balaban J connectivity index is 2.67. The second-order valence-electron chi connectivity index (χ2n) is 22.9. The predicted octanol–water partition coefficient (Wildman–Crippen LogP) is 16.2. The van der Waals surface area contributed by atoms with E-state index in [0.717, 1.165) is 64.2 Å². The van der Waals surface area contributed by atoms with Crippen molar-refractivity contribution in [2.75, 3.05) is 13.2 Å². The molecule has 0 aromatic rings. The van der Waals surface area contributed by atoms with Gasteiger partial charge in [-0.05, 0) is 64.2 Å². The molecular weight excluding hydrogens is 991 g/mol. The summed E-state index contributed by atoms with van der Waals surface area (Å²) in [6.45, 7) is 5.76. The maximum Gasteiger partial charge on any atom is 0.306 e. The highest BCUT2D eigenvalue weighted by Gasteiger charge is 2.47. The van der Waals surface area contributed by atoms with Crippen molar-refractivity contribution in [3.8, 4) is 0 Å². The first-order chi connectivity index (χ1) is 38.7. The van der Waals surface area contributed by atoms with Crippen LogP contribution < -0.4 is 5.32 Å². The maximum absolute atomic E-state index is 13.4. The summed E-state index contributed by atoms with van der Waals surface area (Å²) < 4.78 is 17.6. The van der Waals surface area contributed by atoms with Crippen molar-refractivity contribution in [1.29, 1.82) is 0 Å². The van der Waals surface area contributed by atoms with Gasteiger partial charge in [0.15, 0.2) is 12.4 Å². The van der Waals surface area contributed by atoms with Crippen LogP contribution >= 0.6 is 0 Å². The third kappa shape index (κ3) is 43.7. The molecule has 0 radical (unpaired) electrons. The van der Waals surface area contributed by atoms with E-state index >= 15 is 0 Å². The molecule has 1 rings (SSSR count). The van der Waals surface area contributed by atoms with Crippen molar-refractivity contribution in [2.45, 2.75) is 346 Å². The molecule has 79 heavy (non-hydrogen) atoms. The van der Waals surface area contributed by atoms with Crippen LogP contribution in [0.4, 0.5) is 0 Å². The van der Waals surface area contributed by atoms with Gasteiger partial charge in [0.1, 0.15) is 24.4 Å². The van der Waals surface area contributed by atoms with Crippen molar-refractivity contribution in [3.63, 3.8) is 0 Å². The van der Waals surface area contributed by atoms with E-state index in [0.29, 0.717) is 12.8 Å². The van der Waals surface area contributed by atoms with Gasteiger partial charge in [-0.15, -0.1) is 0 Å². The van der Waals surface area contributed by atoms with Gasteiger partial charge in [0.2, 0.25) is 5.91 Å². The van der Waals surface area contributed by atoms with E-state index in [1.54, 1.807) is 6.08 Å². The molecule has 0 aromatic heterocycles. The molecule has 8 atom stereocenters. The molecule has 1 fully saturated rings. The number of unbranched alkanes of at least 4 members (excludes halogenated alkanes) is 34. The fourth-order valence-electron chi connectivity index (χ4n) is 10.2. The molecular formula is C68H123NO10. The van der Waals surface area contributed by atoms with Gasteiger partial charge in [-0.25, -0.2) is 0 Å². The molecule has 6 N–H and O–H groups in total. The summed E-state index contributed by atoms with van der Waals surface area (Å²) in [6, 6.07) is -1.05. The van der Waals surface area contributed by atoms with Gasteiger partial charge in [-0.1, -0.05) is 287 Å². The lowest BCUT2D eigenvalue weighted by atomic mass is 9.99. The minimum Gasteiger partial charge on any atom is -0.454 e. The summed E-state index contributed by atoms with van der Waals surface area (Å²) in [5.74, 6) is -1.25. The zero-order valence-electron chi connectivity index (χ0n) is 51.0. The summed E-state index contributed by atoms with van der Waals surface area (Å²) >= 11 is 0. The van der Waals surface area contributed by atoms with Crippen LogP contribution in [0.3, 0.4) is 0 Å². The number of hydrogen-bond acceptors (Lipinski definition) is 10. The van der Waals surface area contributed by atoms with Crippen LogP contribution in [-0.4, -0.2) is 99.6 Å². The Hall–Kier alpha value is -2.64. The monoisotopic (exact) mass is 1110 g/mol. The zero-order valence-corrected chi connectivity index (χ0v) is 51.0. The van der Waals surface area contributed by atoms with Gasteiger partial charge in [0, 0.05) is 6.42 Å². The number of hydrogen-bond donors (Lipinski definition) is 6. The smallest absolute Gasteiger partial charge is 0.306 e. The average molecular weight is 1110 g/mol. The van der Waals surface area contributed by atoms with Gasteiger partial charge in [-0.3, -0.25) is 9.59 Å². The second-order valence-corrected chi connectivity index (χ2v) is 22.9. The first-order valence-electron chi connectivity index (χ1n) is 33.1. The Morgan fingerprint density at radius 1 is 0.494 bits per heavy atom. The molecule has 0 bridgehead atoms. The first-order valence-corrected chi connectivity index (χ1v) is 33.1. The van der Waals surface area contributed by atoms with Crippen LogP contribution in [-0.2, 0) is 23.8 Å². The number of amides is 1. The van der Waals surface area contributed by atoms with Gasteiger partial charge in [0.05, 0.1) is 25.4 Å². The van der Waals surface area contributed by atoms with Crippen molar-refractivity contribution >= 4 is 11.9 Å². The lowest BCUT2D eigenvalue weighted by molar-refractivity contribution is -0.305. The second kappa shape index (κ2) is 55.9. The molecule has 0 saturated carbocycles. The predicted molar refractivity (Wildman–Crippen MR) is 329 cm³/mol. The first kappa shape index (κ1) is 74.4. The number of nitrogens with one attached hydrogen (secondary N) is 1. The normalized spacial score (nSPS) is 19.2. The number of aliphatic hydroxyl groups is 5. The fourth-order valence-corrected chi connectivity index (χ4v) is 10.2. The molecule has 1 amide bonds. The van der Waals surface area contributed by atoms with Crippen LogP contribution in [0.1, 0.15) is 297 Å². The Labute approximate surface area is 484 Å². The van der Waals surface area contributed by atoms with Crippen LogP contribution in [0.5, 0.6) is 0 Å². The SMILES string of the molecule is CCCCC/C=C\C/C=C\C/C=C\C/C=C\CCC(O)C(=O)NC(COC1OC(CO)C(O)C(O)C1OC(=O)CCCCCCCCCCCCCCCCCCCCCCC)C(O)/C=C/CCCCCCCCCCCCC. The summed E-state index contributed by atoms with van der Waals surface area (Å²) in [5.41, 5.74) is 0. The van der Waals surface area contributed by atoms with E-state index in [1.165, 1.54) is 186 Å². The van der Waals surface area contributed by atoms with E-state index in [4.69, 9.17) is 14.2 Å². The Morgan fingerprint density at radius 2 is 0.873 bits per heavy atom. The number of allylic oxidation sites excluding steroid dienone is 9. The molecule has 1 aliphatic rings. The van der Waals surface area contributed by atoms with Gasteiger partial charge in [0.25, 0.3) is 0 Å². The van der Waals surface area contributed by atoms with Gasteiger partial charge in [-0.2, -0.15) is 0 Å². The number of aliphatic hydroxyl groups excluding tert-OH is 5.